The van der Waals surface area contributed by atoms with Gasteiger partial charge in [-0.05, 0) is 61.5 Å². The van der Waals surface area contributed by atoms with Crippen LogP contribution in [0.4, 0.5) is 27.4 Å². The molecule has 0 radical (unpaired) electrons. The maximum atomic E-state index is 14.0. The molecule has 2 amide bonds. The number of benzene rings is 2. The topological polar surface area (TPSA) is 126 Å². The van der Waals surface area contributed by atoms with Gasteiger partial charge in [-0.25, -0.2) is 14.4 Å². The molecular formula is C29H26ClFN6O4. The van der Waals surface area contributed by atoms with Gasteiger partial charge in [-0.2, -0.15) is 0 Å². The molecule has 0 bridgehead atoms. The zero-order valence-electron chi connectivity index (χ0n) is 21.9. The van der Waals surface area contributed by atoms with Crippen LogP contribution in [0.1, 0.15) is 23.7 Å². The maximum absolute atomic E-state index is 14.0. The van der Waals surface area contributed by atoms with Crippen molar-refractivity contribution in [2.75, 3.05) is 29.0 Å². The van der Waals surface area contributed by atoms with Crippen LogP contribution in [-0.2, 0) is 4.79 Å². The zero-order chi connectivity index (χ0) is 28.8. The summed E-state index contributed by atoms with van der Waals surface area (Å²) in [6.07, 6.45) is 3.73. The van der Waals surface area contributed by atoms with E-state index in [9.17, 15) is 14.0 Å². The Morgan fingerprint density at radius 2 is 1.90 bits per heavy atom. The van der Waals surface area contributed by atoms with Crippen molar-refractivity contribution in [2.45, 2.75) is 19.4 Å². The van der Waals surface area contributed by atoms with Gasteiger partial charge in [0.05, 0.1) is 16.3 Å². The predicted octanol–water partition coefficient (Wildman–Crippen LogP) is 5.76. The number of aromatic nitrogens is 2. The van der Waals surface area contributed by atoms with E-state index in [2.05, 4.69) is 31.2 Å². The molecule has 2 aromatic carbocycles. The third-order valence-corrected chi connectivity index (χ3v) is 6.31. The Bertz CT molecular complexity index is 1580. The summed E-state index contributed by atoms with van der Waals surface area (Å²) in [5.41, 5.74) is 1.16. The molecule has 4 aromatic rings. The lowest BCUT2D eigenvalue weighted by Gasteiger charge is -2.17. The Morgan fingerprint density at radius 1 is 1.02 bits per heavy atom. The summed E-state index contributed by atoms with van der Waals surface area (Å²) in [6.45, 7) is 2.85. The fourth-order valence-corrected chi connectivity index (χ4v) is 4.35. The molecule has 1 atom stereocenters. The third-order valence-electron chi connectivity index (χ3n) is 6.01. The van der Waals surface area contributed by atoms with Gasteiger partial charge in [-0.15, -0.1) is 0 Å². The molecule has 0 saturated carbocycles. The molecule has 12 heteroatoms. The molecular weight excluding hydrogens is 551 g/mol. The second-order valence-electron chi connectivity index (χ2n) is 9.16. The number of ether oxygens (including phenoxy) is 2. The molecule has 1 aliphatic rings. The van der Waals surface area contributed by atoms with Crippen molar-refractivity contribution in [1.29, 1.82) is 0 Å². The van der Waals surface area contributed by atoms with Crippen LogP contribution in [0.15, 0.2) is 73.1 Å². The second kappa shape index (κ2) is 12.6. The van der Waals surface area contributed by atoms with E-state index < -0.39 is 11.7 Å². The molecule has 1 aliphatic heterocycles. The maximum Gasteiger partial charge on any atom is 0.259 e. The van der Waals surface area contributed by atoms with Gasteiger partial charge in [0.2, 0.25) is 5.91 Å². The number of carbonyl (C=O) groups is 2. The molecule has 0 unspecified atom stereocenters. The number of nitrogens with zero attached hydrogens (tertiary/aromatic N) is 2. The van der Waals surface area contributed by atoms with E-state index in [1.807, 2.05) is 0 Å². The van der Waals surface area contributed by atoms with Crippen LogP contribution in [0.5, 0.6) is 17.2 Å². The Morgan fingerprint density at radius 3 is 2.68 bits per heavy atom. The van der Waals surface area contributed by atoms with Crippen LogP contribution in [0.3, 0.4) is 0 Å². The van der Waals surface area contributed by atoms with Crippen LogP contribution in [-0.4, -0.2) is 41.0 Å². The van der Waals surface area contributed by atoms with Crippen LogP contribution < -0.4 is 30.7 Å². The number of pyridine rings is 2. The van der Waals surface area contributed by atoms with E-state index in [4.69, 9.17) is 21.1 Å². The fourth-order valence-electron chi connectivity index (χ4n) is 4.13. The summed E-state index contributed by atoms with van der Waals surface area (Å²) in [5.74, 6) is 0.522. The molecule has 3 heterocycles. The minimum atomic E-state index is -0.464. The summed E-state index contributed by atoms with van der Waals surface area (Å²) < 4.78 is 25.8. The smallest absolute Gasteiger partial charge is 0.259 e. The summed E-state index contributed by atoms with van der Waals surface area (Å²) in [4.78, 5) is 33.0. The predicted molar refractivity (Wildman–Crippen MR) is 154 cm³/mol. The highest BCUT2D eigenvalue weighted by Crippen LogP contribution is 2.34. The Balaban J connectivity index is 1.30. The number of rotatable bonds is 9. The lowest BCUT2D eigenvalue weighted by atomic mass is 10.2. The lowest BCUT2D eigenvalue weighted by Crippen LogP contribution is -2.21. The first-order chi connectivity index (χ1) is 19.8. The van der Waals surface area contributed by atoms with Crippen LogP contribution in [0.2, 0.25) is 5.02 Å². The first kappa shape index (κ1) is 27.8. The second-order valence-corrected chi connectivity index (χ2v) is 9.56. The van der Waals surface area contributed by atoms with Crippen molar-refractivity contribution >= 4 is 46.4 Å². The fraction of sp³-hybridized carbons (Fsp3) is 0.172. The van der Waals surface area contributed by atoms with Crippen LogP contribution in [0, 0.1) is 5.82 Å². The van der Waals surface area contributed by atoms with Gasteiger partial charge in [-0.3, -0.25) is 9.59 Å². The van der Waals surface area contributed by atoms with Crippen molar-refractivity contribution in [2.24, 2.45) is 0 Å². The summed E-state index contributed by atoms with van der Waals surface area (Å²) in [7, 11) is 0. The van der Waals surface area contributed by atoms with Crippen molar-refractivity contribution < 1.29 is 23.5 Å². The Hall–Kier alpha value is -4.74. The van der Waals surface area contributed by atoms with Crippen molar-refractivity contribution in [3.05, 3.63) is 89.5 Å². The van der Waals surface area contributed by atoms with Gasteiger partial charge in [-0.1, -0.05) is 11.6 Å². The molecule has 1 saturated heterocycles. The molecule has 0 spiro atoms. The Labute approximate surface area is 240 Å². The van der Waals surface area contributed by atoms with E-state index in [1.54, 1.807) is 48.7 Å². The number of carbonyl (C=O) groups excluding carboxylic acids is 2. The lowest BCUT2D eigenvalue weighted by molar-refractivity contribution is -0.114. The molecule has 5 rings (SSSR count). The molecule has 0 aliphatic carbocycles. The summed E-state index contributed by atoms with van der Waals surface area (Å²) in [6, 6.07) is 15.5. The molecule has 2 aromatic heterocycles. The molecule has 41 heavy (non-hydrogen) atoms. The van der Waals surface area contributed by atoms with Gasteiger partial charge in [0.15, 0.2) is 0 Å². The van der Waals surface area contributed by atoms with Crippen molar-refractivity contribution in [1.82, 2.24) is 15.3 Å². The monoisotopic (exact) mass is 576 g/mol. The van der Waals surface area contributed by atoms with Gasteiger partial charge in [0.1, 0.15) is 40.8 Å². The van der Waals surface area contributed by atoms with Crippen LogP contribution in [0.25, 0.3) is 0 Å². The first-order valence-corrected chi connectivity index (χ1v) is 13.1. The normalized spacial score (nSPS) is 14.3. The molecule has 4 N–H and O–H groups in total. The largest absolute Gasteiger partial charge is 0.487 e. The summed E-state index contributed by atoms with van der Waals surface area (Å²) >= 11 is 6.48. The average molecular weight is 577 g/mol. The van der Waals surface area contributed by atoms with E-state index in [-0.39, 0.29) is 29.1 Å². The van der Waals surface area contributed by atoms with Gasteiger partial charge in [0.25, 0.3) is 5.91 Å². The number of hydrogen-bond acceptors (Lipinski definition) is 8. The highest BCUT2D eigenvalue weighted by molar-refractivity contribution is 6.32. The zero-order valence-corrected chi connectivity index (χ0v) is 22.7. The van der Waals surface area contributed by atoms with E-state index in [1.165, 1.54) is 31.3 Å². The van der Waals surface area contributed by atoms with Gasteiger partial charge in [0, 0.05) is 43.7 Å². The van der Waals surface area contributed by atoms with Crippen LogP contribution >= 0.6 is 11.6 Å². The number of halogens is 2. The summed E-state index contributed by atoms with van der Waals surface area (Å²) in [5, 5.41) is 12.0. The minimum absolute atomic E-state index is 0.113. The minimum Gasteiger partial charge on any atom is -0.487 e. The van der Waals surface area contributed by atoms with E-state index in [0.717, 1.165) is 13.0 Å². The average Bonchev–Trinajstić information content (AvgIpc) is 3.45. The Kier molecular flexibility index (Phi) is 8.56. The third kappa shape index (κ3) is 7.27. The SMILES string of the molecule is CC(=O)Nc1cc(Oc2ccc(Nc3ncccc3C(=O)Nc3ccc(F)cc3O[C@@H]3CCNC3)cc2Cl)ccn1. The van der Waals surface area contributed by atoms with E-state index >= 15 is 0 Å². The molecule has 1 fully saturated rings. The quantitative estimate of drug-likeness (QED) is 0.198. The number of amides is 2. The van der Waals surface area contributed by atoms with Gasteiger partial charge >= 0.3 is 0 Å². The highest BCUT2D eigenvalue weighted by atomic mass is 35.5. The highest BCUT2D eigenvalue weighted by Gasteiger charge is 2.20. The van der Waals surface area contributed by atoms with Crippen molar-refractivity contribution in [3.63, 3.8) is 0 Å². The number of anilines is 4. The first-order valence-electron chi connectivity index (χ1n) is 12.8. The van der Waals surface area contributed by atoms with Gasteiger partial charge < -0.3 is 30.7 Å². The molecule has 10 nitrogen and oxygen atoms in total. The number of nitrogens with one attached hydrogen (secondary N) is 4. The molecule has 210 valence electrons. The van der Waals surface area contributed by atoms with Crippen molar-refractivity contribution in [3.8, 4) is 17.2 Å². The standard InChI is InChI=1S/C29H26ClFN6O4/c1-17(38)35-27-15-20(9-12-33-27)40-25-7-5-19(14-23(25)30)36-28-22(3-2-10-34-28)29(39)37-24-6-4-18(31)13-26(24)41-21-8-11-32-16-21/h2-7,9-10,12-15,21,32H,8,11,16H2,1H3,(H,34,36)(H,37,39)(H,33,35,38)/t21-/m1/s1. The van der Waals surface area contributed by atoms with E-state index in [0.29, 0.717) is 40.3 Å². The number of hydrogen-bond donors (Lipinski definition) is 4.